The summed E-state index contributed by atoms with van der Waals surface area (Å²) in [5.41, 5.74) is 4.49. The predicted octanol–water partition coefficient (Wildman–Crippen LogP) is 6.00. The molecule has 2 N–H and O–H groups in total. The van der Waals surface area contributed by atoms with Gasteiger partial charge in [-0.05, 0) is 91.9 Å². The number of hydrogen-bond acceptors (Lipinski definition) is 5. The molecule has 1 saturated heterocycles. The number of amides is 2. The lowest BCUT2D eigenvalue weighted by atomic mass is 10.1. The molecule has 1 aliphatic heterocycles. The average Bonchev–Trinajstić information content (AvgIpc) is 3.45. The molecular weight excluding hydrogens is 532 g/mol. The summed E-state index contributed by atoms with van der Waals surface area (Å²) in [4.78, 5) is 29.5. The zero-order valence-corrected chi connectivity index (χ0v) is 22.9. The molecular formula is C30H27ClN4O3S. The van der Waals surface area contributed by atoms with Gasteiger partial charge in [-0.2, -0.15) is 0 Å². The van der Waals surface area contributed by atoms with Crippen molar-refractivity contribution >= 4 is 52.1 Å². The van der Waals surface area contributed by atoms with E-state index >= 15 is 0 Å². The number of aryl methyl sites for hydroxylation is 1. The Balaban J connectivity index is 1.11. The number of nitrogens with zero attached hydrogens (tertiary/aromatic N) is 2. The molecule has 0 radical (unpaired) electrons. The van der Waals surface area contributed by atoms with Crippen LogP contribution in [0.4, 0.5) is 11.4 Å². The second kappa shape index (κ2) is 11.7. The van der Waals surface area contributed by atoms with E-state index in [4.69, 9.17) is 28.2 Å². The van der Waals surface area contributed by atoms with Gasteiger partial charge in [0.25, 0.3) is 11.8 Å². The van der Waals surface area contributed by atoms with Gasteiger partial charge in [0.1, 0.15) is 5.76 Å². The lowest BCUT2D eigenvalue weighted by Crippen LogP contribution is -2.48. The van der Waals surface area contributed by atoms with Gasteiger partial charge >= 0.3 is 0 Å². The van der Waals surface area contributed by atoms with Crippen LogP contribution >= 0.6 is 23.8 Å². The average molecular weight is 559 g/mol. The fraction of sp³-hybridized carbons (Fsp3) is 0.167. The van der Waals surface area contributed by atoms with Gasteiger partial charge < -0.3 is 19.5 Å². The lowest BCUT2D eigenvalue weighted by molar-refractivity contribution is 0.0746. The second-order valence-electron chi connectivity index (χ2n) is 9.27. The molecule has 0 saturated carbocycles. The molecule has 39 heavy (non-hydrogen) atoms. The first-order chi connectivity index (χ1) is 18.9. The van der Waals surface area contributed by atoms with Crippen molar-refractivity contribution in [1.82, 2.24) is 10.2 Å². The van der Waals surface area contributed by atoms with Crippen molar-refractivity contribution in [3.8, 4) is 11.3 Å². The number of piperazine rings is 1. The predicted molar refractivity (Wildman–Crippen MR) is 159 cm³/mol. The zero-order chi connectivity index (χ0) is 27.4. The number of halogens is 1. The molecule has 1 fully saturated rings. The van der Waals surface area contributed by atoms with Crippen LogP contribution in [0.2, 0.25) is 5.02 Å². The largest absolute Gasteiger partial charge is 0.451 e. The molecule has 7 nitrogen and oxygen atoms in total. The highest BCUT2D eigenvalue weighted by Gasteiger charge is 2.22. The Morgan fingerprint density at radius 1 is 0.846 bits per heavy atom. The maximum absolute atomic E-state index is 12.8. The van der Waals surface area contributed by atoms with E-state index in [2.05, 4.69) is 15.5 Å². The van der Waals surface area contributed by atoms with Crippen molar-refractivity contribution in [2.24, 2.45) is 0 Å². The maximum Gasteiger partial charge on any atom is 0.293 e. The van der Waals surface area contributed by atoms with Gasteiger partial charge in [-0.1, -0.05) is 29.3 Å². The Bertz CT molecular complexity index is 1480. The first kappa shape index (κ1) is 26.5. The van der Waals surface area contributed by atoms with E-state index in [0.29, 0.717) is 23.9 Å². The highest BCUT2D eigenvalue weighted by Crippen LogP contribution is 2.24. The summed E-state index contributed by atoms with van der Waals surface area (Å²) in [5, 5.41) is 6.47. The zero-order valence-electron chi connectivity index (χ0n) is 21.3. The summed E-state index contributed by atoms with van der Waals surface area (Å²) >= 11 is 11.3. The van der Waals surface area contributed by atoms with Crippen LogP contribution in [0.3, 0.4) is 0 Å². The third kappa shape index (κ3) is 6.47. The maximum atomic E-state index is 12.8. The number of hydrogen-bond donors (Lipinski definition) is 2. The van der Waals surface area contributed by atoms with E-state index in [1.54, 1.807) is 24.3 Å². The Labute approximate surface area is 237 Å². The number of rotatable bonds is 5. The number of nitrogens with one attached hydrogen (secondary N) is 2. The van der Waals surface area contributed by atoms with Gasteiger partial charge in [0, 0.05) is 53.7 Å². The topological polar surface area (TPSA) is 77.8 Å². The Morgan fingerprint density at radius 2 is 1.51 bits per heavy atom. The molecule has 5 rings (SSSR count). The molecule has 198 valence electrons. The Morgan fingerprint density at radius 3 is 2.18 bits per heavy atom. The summed E-state index contributed by atoms with van der Waals surface area (Å²) in [6.45, 7) is 4.84. The Kier molecular flexibility index (Phi) is 7.95. The fourth-order valence-electron chi connectivity index (χ4n) is 4.36. The third-order valence-corrected chi connectivity index (χ3v) is 7.00. The summed E-state index contributed by atoms with van der Waals surface area (Å²) < 4.78 is 5.68. The molecule has 2 amide bonds. The number of furan rings is 1. The lowest BCUT2D eigenvalue weighted by Gasteiger charge is -2.36. The fourth-order valence-corrected chi connectivity index (χ4v) is 4.69. The number of carbonyl (C=O) groups excluding carboxylic acids is 2. The number of carbonyl (C=O) groups is 2. The van der Waals surface area contributed by atoms with Crippen LogP contribution < -0.4 is 15.5 Å². The number of benzene rings is 3. The minimum Gasteiger partial charge on any atom is -0.451 e. The van der Waals surface area contributed by atoms with Crippen molar-refractivity contribution in [1.29, 1.82) is 0 Å². The Hall–Kier alpha value is -4.14. The molecule has 9 heteroatoms. The van der Waals surface area contributed by atoms with Gasteiger partial charge in [-0.25, -0.2) is 0 Å². The molecule has 0 spiro atoms. The molecule has 1 aliphatic rings. The number of anilines is 2. The van der Waals surface area contributed by atoms with Gasteiger partial charge in [0.05, 0.1) is 0 Å². The SMILES string of the molecule is Cc1ccc(C(=O)N2CCN(c3ccc(NC(=S)NC(=O)c4ccc(-c5ccc(Cl)cc5)o4)cc3)CC2)cc1. The van der Waals surface area contributed by atoms with Crippen molar-refractivity contribution in [2.75, 3.05) is 36.4 Å². The van der Waals surface area contributed by atoms with E-state index in [-0.39, 0.29) is 16.8 Å². The van der Waals surface area contributed by atoms with E-state index < -0.39 is 5.91 Å². The van der Waals surface area contributed by atoms with Crippen molar-refractivity contribution in [2.45, 2.75) is 6.92 Å². The highest BCUT2D eigenvalue weighted by atomic mass is 35.5. The quantitative estimate of drug-likeness (QED) is 0.293. The van der Waals surface area contributed by atoms with Crippen molar-refractivity contribution in [3.05, 3.63) is 107 Å². The van der Waals surface area contributed by atoms with Gasteiger partial charge in [0.2, 0.25) is 0 Å². The summed E-state index contributed by atoms with van der Waals surface area (Å²) in [6.07, 6.45) is 0. The highest BCUT2D eigenvalue weighted by molar-refractivity contribution is 7.80. The molecule has 0 aliphatic carbocycles. The van der Waals surface area contributed by atoms with E-state index in [1.807, 2.05) is 72.5 Å². The normalized spacial score (nSPS) is 13.2. The summed E-state index contributed by atoms with van der Waals surface area (Å²) in [5.74, 6) is 0.342. The van der Waals surface area contributed by atoms with Crippen LogP contribution in [0.1, 0.15) is 26.5 Å². The van der Waals surface area contributed by atoms with Crippen LogP contribution in [-0.4, -0.2) is 48.0 Å². The molecule has 0 unspecified atom stereocenters. The molecule has 0 atom stereocenters. The second-order valence-corrected chi connectivity index (χ2v) is 10.1. The first-order valence-electron chi connectivity index (χ1n) is 12.5. The first-order valence-corrected chi connectivity index (χ1v) is 13.3. The van der Waals surface area contributed by atoms with Gasteiger partial charge in [-0.15, -0.1) is 0 Å². The molecule has 0 bridgehead atoms. The minimum absolute atomic E-state index is 0.0699. The minimum atomic E-state index is -0.442. The molecule has 4 aromatic rings. The van der Waals surface area contributed by atoms with E-state index in [1.165, 1.54) is 0 Å². The van der Waals surface area contributed by atoms with Crippen LogP contribution in [0, 0.1) is 6.92 Å². The molecule has 1 aromatic heterocycles. The third-order valence-electron chi connectivity index (χ3n) is 6.54. The number of thiocarbonyl (C=S) groups is 1. The van der Waals surface area contributed by atoms with E-state index in [0.717, 1.165) is 41.2 Å². The smallest absolute Gasteiger partial charge is 0.293 e. The van der Waals surface area contributed by atoms with Gasteiger partial charge in [0.15, 0.2) is 10.9 Å². The van der Waals surface area contributed by atoms with Crippen molar-refractivity contribution in [3.63, 3.8) is 0 Å². The monoisotopic (exact) mass is 558 g/mol. The standard InChI is InChI=1S/C30H27ClN4O3S/c1-20-2-4-22(5-3-20)29(37)35-18-16-34(17-19-35)25-12-10-24(11-13-25)32-30(39)33-28(36)27-15-14-26(38-27)21-6-8-23(31)9-7-21/h2-15H,16-19H2,1H3,(H2,32,33,36,39). The van der Waals surface area contributed by atoms with Gasteiger partial charge in [-0.3, -0.25) is 14.9 Å². The van der Waals surface area contributed by atoms with Crippen LogP contribution in [0.25, 0.3) is 11.3 Å². The summed E-state index contributed by atoms with van der Waals surface area (Å²) in [7, 11) is 0. The van der Waals surface area contributed by atoms with Crippen molar-refractivity contribution < 1.29 is 14.0 Å². The summed E-state index contributed by atoms with van der Waals surface area (Å²) in [6, 6.07) is 26.0. The van der Waals surface area contributed by atoms with Crippen LogP contribution in [-0.2, 0) is 0 Å². The molecule has 3 aromatic carbocycles. The van der Waals surface area contributed by atoms with Crippen LogP contribution in [0.15, 0.2) is 89.3 Å². The molecule has 2 heterocycles. The van der Waals surface area contributed by atoms with Crippen LogP contribution in [0.5, 0.6) is 0 Å². The van der Waals surface area contributed by atoms with E-state index in [9.17, 15) is 9.59 Å².